The van der Waals surface area contributed by atoms with Crippen LogP contribution in [0, 0.1) is 0 Å². The Morgan fingerprint density at radius 1 is 1.06 bits per heavy atom. The van der Waals surface area contributed by atoms with E-state index in [1.54, 1.807) is 36.4 Å². The van der Waals surface area contributed by atoms with Crippen LogP contribution in [0.3, 0.4) is 0 Å². The van der Waals surface area contributed by atoms with Gasteiger partial charge in [-0.15, -0.1) is 5.10 Å². The number of benzene rings is 2. The van der Waals surface area contributed by atoms with Gasteiger partial charge in [-0.25, -0.2) is 9.50 Å². The van der Waals surface area contributed by atoms with Gasteiger partial charge >= 0.3 is 6.18 Å². The fourth-order valence-electron chi connectivity index (χ4n) is 2.84. The average Bonchev–Trinajstić information content (AvgIpc) is 3.15. The zero-order valence-electron chi connectivity index (χ0n) is 16.1. The molecule has 0 spiro atoms. The lowest BCUT2D eigenvalue weighted by Gasteiger charge is -2.08. The number of imidazole rings is 1. The molecule has 4 rings (SSSR count). The van der Waals surface area contributed by atoms with Gasteiger partial charge < -0.3 is 15.4 Å². The number of aromatic nitrogens is 3. The number of nitrogens with one attached hydrogen (secondary N) is 2. The van der Waals surface area contributed by atoms with Crippen molar-refractivity contribution in [2.75, 3.05) is 10.6 Å². The molecule has 0 bridgehead atoms. The molecule has 0 fully saturated rings. The van der Waals surface area contributed by atoms with Gasteiger partial charge in [0.2, 0.25) is 12.3 Å². The van der Waals surface area contributed by atoms with Gasteiger partial charge in [-0.1, -0.05) is 12.1 Å². The summed E-state index contributed by atoms with van der Waals surface area (Å²) in [5, 5.41) is 9.20. The highest BCUT2D eigenvalue weighted by Gasteiger charge is 2.30. The van der Waals surface area contributed by atoms with E-state index in [9.17, 15) is 22.8 Å². The molecule has 11 heteroatoms. The summed E-state index contributed by atoms with van der Waals surface area (Å²) in [6.45, 7) is 0. The third-order valence-electron chi connectivity index (χ3n) is 4.27. The van der Waals surface area contributed by atoms with Crippen LogP contribution in [0.1, 0.15) is 15.9 Å². The van der Waals surface area contributed by atoms with E-state index in [1.807, 2.05) is 0 Å². The van der Waals surface area contributed by atoms with Crippen LogP contribution < -0.4 is 15.4 Å². The fraction of sp³-hybridized carbons (Fsp3) is 0.0476. The van der Waals surface area contributed by atoms with Gasteiger partial charge in [0.25, 0.3) is 5.91 Å². The van der Waals surface area contributed by atoms with Gasteiger partial charge in [0.1, 0.15) is 5.75 Å². The van der Waals surface area contributed by atoms with E-state index >= 15 is 0 Å². The van der Waals surface area contributed by atoms with Crippen molar-refractivity contribution >= 4 is 29.5 Å². The molecule has 0 atom stereocenters. The normalized spacial score (nSPS) is 11.2. The van der Waals surface area contributed by atoms with E-state index in [-0.39, 0.29) is 17.3 Å². The number of rotatable bonds is 6. The highest BCUT2D eigenvalue weighted by atomic mass is 19.4. The topological polar surface area (TPSA) is 97.6 Å². The van der Waals surface area contributed by atoms with Gasteiger partial charge in [-0.2, -0.15) is 13.2 Å². The van der Waals surface area contributed by atoms with Crippen molar-refractivity contribution in [1.82, 2.24) is 14.6 Å². The average molecular weight is 441 g/mol. The van der Waals surface area contributed by atoms with Crippen molar-refractivity contribution < 1.29 is 27.5 Å². The number of carbonyl (C=O) groups is 2. The lowest BCUT2D eigenvalue weighted by atomic mass is 10.1. The maximum absolute atomic E-state index is 12.9. The number of ether oxygens (including phenoxy) is 1. The van der Waals surface area contributed by atoms with Crippen molar-refractivity contribution in [1.29, 1.82) is 0 Å². The first-order chi connectivity index (χ1) is 15.3. The molecule has 162 valence electrons. The van der Waals surface area contributed by atoms with E-state index in [2.05, 4.69) is 20.7 Å². The predicted octanol–water partition coefficient (Wildman–Crippen LogP) is 4.36. The number of alkyl halides is 3. The quantitative estimate of drug-likeness (QED) is 0.434. The molecule has 0 saturated heterocycles. The van der Waals surface area contributed by atoms with Gasteiger partial charge in [0.05, 0.1) is 11.8 Å². The van der Waals surface area contributed by atoms with Crippen LogP contribution in [0.2, 0.25) is 0 Å². The molecule has 2 heterocycles. The number of carbonyl (C=O) groups excluding carboxylic acids is 2. The Morgan fingerprint density at radius 2 is 1.88 bits per heavy atom. The minimum absolute atomic E-state index is 0.106. The summed E-state index contributed by atoms with van der Waals surface area (Å²) in [6.07, 6.45) is -2.61. The predicted molar refractivity (Wildman–Crippen MR) is 109 cm³/mol. The standard InChI is InChI=1S/C21H14F3N5O3/c22-21(23,24)14-4-1-3-13(9-14)20(31)27-17-11-29-18(26-17)7-8-19(28-29)32-16-6-2-5-15(10-16)25-12-30/h1-12H,(H,25,30)(H,27,31). The van der Waals surface area contributed by atoms with E-state index in [0.29, 0.717) is 23.5 Å². The van der Waals surface area contributed by atoms with Crippen LogP contribution in [0.25, 0.3) is 5.65 Å². The highest BCUT2D eigenvalue weighted by Crippen LogP contribution is 2.29. The first-order valence-electron chi connectivity index (χ1n) is 9.15. The van der Waals surface area contributed by atoms with Crippen molar-refractivity contribution in [3.05, 3.63) is 78.0 Å². The molecular weight excluding hydrogens is 427 g/mol. The van der Waals surface area contributed by atoms with Crippen LogP contribution in [0.4, 0.5) is 24.7 Å². The summed E-state index contributed by atoms with van der Waals surface area (Å²) >= 11 is 0. The first-order valence-corrected chi connectivity index (χ1v) is 9.15. The maximum Gasteiger partial charge on any atom is 0.416 e. The zero-order chi connectivity index (χ0) is 22.7. The number of anilines is 2. The lowest BCUT2D eigenvalue weighted by Crippen LogP contribution is -2.14. The van der Waals surface area contributed by atoms with E-state index in [0.717, 1.165) is 18.2 Å². The Hall–Kier alpha value is -4.41. The Bertz CT molecular complexity index is 1300. The van der Waals surface area contributed by atoms with Crippen LogP contribution >= 0.6 is 0 Å². The minimum Gasteiger partial charge on any atom is -0.438 e. The molecule has 4 aromatic rings. The zero-order valence-corrected chi connectivity index (χ0v) is 16.1. The van der Waals surface area contributed by atoms with Gasteiger partial charge in [0, 0.05) is 23.4 Å². The van der Waals surface area contributed by atoms with Crippen LogP contribution in [0.15, 0.2) is 66.9 Å². The monoisotopic (exact) mass is 441 g/mol. The van der Waals surface area contributed by atoms with Crippen molar-refractivity contribution in [3.8, 4) is 11.6 Å². The Morgan fingerprint density at radius 3 is 2.66 bits per heavy atom. The summed E-state index contributed by atoms with van der Waals surface area (Å²) in [5.41, 5.74) is -0.150. The molecule has 8 nitrogen and oxygen atoms in total. The molecule has 0 aliphatic rings. The molecule has 2 amide bonds. The summed E-state index contributed by atoms with van der Waals surface area (Å²) in [6, 6.07) is 13.9. The Labute approximate surface area is 178 Å². The van der Waals surface area contributed by atoms with E-state index in [1.165, 1.54) is 16.8 Å². The molecule has 0 radical (unpaired) electrons. The van der Waals surface area contributed by atoms with E-state index < -0.39 is 17.6 Å². The molecule has 0 unspecified atom stereocenters. The number of hydrogen-bond acceptors (Lipinski definition) is 5. The first kappa shape index (κ1) is 20.8. The van der Waals surface area contributed by atoms with Crippen LogP contribution in [-0.2, 0) is 11.0 Å². The molecular formula is C21H14F3N5O3. The van der Waals surface area contributed by atoms with Gasteiger partial charge in [-0.05, 0) is 36.4 Å². The maximum atomic E-state index is 12.9. The highest BCUT2D eigenvalue weighted by molar-refractivity contribution is 6.04. The molecule has 32 heavy (non-hydrogen) atoms. The second kappa shape index (κ2) is 8.38. The summed E-state index contributed by atoms with van der Waals surface area (Å²) < 4.78 is 45.6. The number of fused-ring (bicyclic) bond motifs is 1. The van der Waals surface area contributed by atoms with E-state index in [4.69, 9.17) is 4.74 Å². The molecule has 2 N–H and O–H groups in total. The summed E-state index contributed by atoms with van der Waals surface area (Å²) in [7, 11) is 0. The number of amides is 2. The van der Waals surface area contributed by atoms with Crippen LogP contribution in [0.5, 0.6) is 11.6 Å². The minimum atomic E-state index is -4.55. The second-order valence-corrected chi connectivity index (χ2v) is 6.53. The van der Waals surface area contributed by atoms with Crippen molar-refractivity contribution in [2.24, 2.45) is 0 Å². The third-order valence-corrected chi connectivity index (χ3v) is 4.27. The smallest absolute Gasteiger partial charge is 0.416 e. The number of hydrogen-bond donors (Lipinski definition) is 2. The van der Waals surface area contributed by atoms with Crippen molar-refractivity contribution in [3.63, 3.8) is 0 Å². The second-order valence-electron chi connectivity index (χ2n) is 6.53. The van der Waals surface area contributed by atoms with Gasteiger partial charge in [0.15, 0.2) is 11.5 Å². The Kier molecular flexibility index (Phi) is 5.46. The molecule has 2 aromatic carbocycles. The fourth-order valence-corrected chi connectivity index (χ4v) is 2.84. The number of nitrogens with zero attached hydrogens (tertiary/aromatic N) is 3. The number of halogens is 3. The molecule has 0 aliphatic heterocycles. The van der Waals surface area contributed by atoms with Gasteiger partial charge in [-0.3, -0.25) is 9.59 Å². The summed E-state index contributed by atoms with van der Waals surface area (Å²) in [5.74, 6) is 0.0144. The third kappa shape index (κ3) is 4.67. The largest absolute Gasteiger partial charge is 0.438 e. The lowest BCUT2D eigenvalue weighted by molar-refractivity contribution is -0.137. The molecule has 2 aromatic heterocycles. The molecule has 0 saturated carbocycles. The Balaban J connectivity index is 1.51. The van der Waals surface area contributed by atoms with Crippen LogP contribution in [-0.4, -0.2) is 26.9 Å². The SMILES string of the molecule is O=CNc1cccc(Oc2ccc3nc(NC(=O)c4cccc(C(F)(F)F)c4)cn3n2)c1. The van der Waals surface area contributed by atoms with Crippen molar-refractivity contribution in [2.45, 2.75) is 6.18 Å². The summed E-state index contributed by atoms with van der Waals surface area (Å²) in [4.78, 5) is 27.1. The molecule has 0 aliphatic carbocycles.